The van der Waals surface area contributed by atoms with Gasteiger partial charge in [-0.1, -0.05) is 6.92 Å². The summed E-state index contributed by atoms with van der Waals surface area (Å²) in [7, 11) is 0. The summed E-state index contributed by atoms with van der Waals surface area (Å²) in [6.45, 7) is 1.82. The Balaban J connectivity index is 2.55. The van der Waals surface area contributed by atoms with Crippen LogP contribution in [0.1, 0.15) is 19.8 Å². The normalized spacial score (nSPS) is 12.4. The van der Waals surface area contributed by atoms with E-state index < -0.39 is 17.6 Å². The van der Waals surface area contributed by atoms with Gasteiger partial charge >= 0.3 is 5.97 Å². The fourth-order valence-corrected chi connectivity index (χ4v) is 2.16. The van der Waals surface area contributed by atoms with E-state index in [1.807, 2.05) is 6.92 Å². The Morgan fingerprint density at radius 1 is 1.50 bits per heavy atom. The highest BCUT2D eigenvalue weighted by molar-refractivity contribution is 7.99. The average Bonchev–Trinajstić information content (AvgIpc) is 2.19. The van der Waals surface area contributed by atoms with E-state index in [9.17, 15) is 13.6 Å². The van der Waals surface area contributed by atoms with Gasteiger partial charge < -0.3 is 5.11 Å². The molecule has 1 rings (SSSR count). The Bertz CT molecular complexity index is 382. The highest BCUT2D eigenvalue weighted by Gasteiger charge is 2.10. The van der Waals surface area contributed by atoms with E-state index in [4.69, 9.17) is 5.11 Å². The molecule has 0 aliphatic rings. The third-order valence-corrected chi connectivity index (χ3v) is 3.21. The lowest BCUT2D eigenvalue weighted by atomic mass is 10.2. The molecule has 1 N–H and O–H groups in total. The lowest BCUT2D eigenvalue weighted by Crippen LogP contribution is -2.02. The van der Waals surface area contributed by atoms with Crippen LogP contribution < -0.4 is 0 Å². The zero-order chi connectivity index (χ0) is 12.1. The minimum atomic E-state index is -0.868. The summed E-state index contributed by atoms with van der Waals surface area (Å²) in [5, 5.41) is 8.47. The molecule has 16 heavy (non-hydrogen) atoms. The Morgan fingerprint density at radius 3 is 2.75 bits per heavy atom. The van der Waals surface area contributed by atoms with E-state index in [1.54, 1.807) is 0 Å². The van der Waals surface area contributed by atoms with Crippen molar-refractivity contribution in [2.45, 2.75) is 29.9 Å². The summed E-state index contributed by atoms with van der Waals surface area (Å²) in [6.07, 6.45) is 0.508. The molecule has 2 nitrogen and oxygen atoms in total. The van der Waals surface area contributed by atoms with Gasteiger partial charge in [-0.15, -0.1) is 11.8 Å². The van der Waals surface area contributed by atoms with Crippen LogP contribution in [0.3, 0.4) is 0 Å². The van der Waals surface area contributed by atoms with Crippen molar-refractivity contribution in [3.05, 3.63) is 29.8 Å². The van der Waals surface area contributed by atoms with E-state index in [1.165, 1.54) is 23.9 Å². The molecule has 0 saturated carbocycles. The van der Waals surface area contributed by atoms with Gasteiger partial charge in [0.2, 0.25) is 0 Å². The van der Waals surface area contributed by atoms with Gasteiger partial charge in [0.25, 0.3) is 0 Å². The monoisotopic (exact) mass is 246 g/mol. The zero-order valence-corrected chi connectivity index (χ0v) is 9.56. The van der Waals surface area contributed by atoms with Crippen LogP contribution in [0.15, 0.2) is 23.1 Å². The lowest BCUT2D eigenvalue weighted by Gasteiger charge is -2.10. The molecule has 1 aromatic rings. The second-order valence-corrected chi connectivity index (χ2v) is 4.92. The van der Waals surface area contributed by atoms with Crippen LogP contribution >= 0.6 is 11.8 Å². The van der Waals surface area contributed by atoms with Crippen molar-refractivity contribution in [3.63, 3.8) is 0 Å². The molecule has 0 saturated heterocycles. The molecule has 5 heteroatoms. The molecule has 0 spiro atoms. The second-order valence-electron chi connectivity index (χ2n) is 3.44. The van der Waals surface area contributed by atoms with Crippen molar-refractivity contribution in [1.29, 1.82) is 0 Å². The van der Waals surface area contributed by atoms with Gasteiger partial charge in [-0.2, -0.15) is 0 Å². The molecular weight excluding hydrogens is 234 g/mol. The molecule has 0 aliphatic carbocycles. The maximum Gasteiger partial charge on any atom is 0.303 e. The van der Waals surface area contributed by atoms with Crippen LogP contribution in [-0.4, -0.2) is 16.3 Å². The van der Waals surface area contributed by atoms with E-state index in [2.05, 4.69) is 0 Å². The maximum atomic E-state index is 13.2. The number of rotatable bonds is 5. The van der Waals surface area contributed by atoms with Gasteiger partial charge in [0.05, 0.1) is 0 Å². The first kappa shape index (κ1) is 13.0. The van der Waals surface area contributed by atoms with Gasteiger partial charge in [-0.25, -0.2) is 8.78 Å². The topological polar surface area (TPSA) is 37.3 Å². The number of hydrogen-bond donors (Lipinski definition) is 1. The summed E-state index contributed by atoms with van der Waals surface area (Å²) in [5.41, 5.74) is 0. The number of thioether (sulfide) groups is 1. The number of carboxylic acid groups (broad SMARTS) is 1. The standard InChI is InChI=1S/C11H12F2O2S/c1-7(2-5-11(14)15)16-10-4-3-8(12)6-9(10)13/h3-4,6-7H,2,5H2,1H3,(H,14,15). The Morgan fingerprint density at radius 2 is 2.19 bits per heavy atom. The van der Waals surface area contributed by atoms with Gasteiger partial charge in [0.15, 0.2) is 0 Å². The van der Waals surface area contributed by atoms with Gasteiger partial charge in [0.1, 0.15) is 11.6 Å². The predicted octanol–water partition coefficient (Wildman–Crippen LogP) is 3.31. The largest absolute Gasteiger partial charge is 0.481 e. The smallest absolute Gasteiger partial charge is 0.303 e. The first-order valence-electron chi connectivity index (χ1n) is 4.82. The van der Waals surface area contributed by atoms with Gasteiger partial charge in [0, 0.05) is 22.6 Å². The van der Waals surface area contributed by atoms with E-state index >= 15 is 0 Å². The number of halogens is 2. The SMILES string of the molecule is CC(CCC(=O)O)Sc1ccc(F)cc1F. The van der Waals surface area contributed by atoms with Crippen LogP contribution in [0.2, 0.25) is 0 Å². The Hall–Kier alpha value is -1.10. The van der Waals surface area contributed by atoms with Crippen molar-refractivity contribution in [3.8, 4) is 0 Å². The summed E-state index contributed by atoms with van der Waals surface area (Å²) < 4.78 is 25.8. The molecule has 1 unspecified atom stereocenters. The van der Waals surface area contributed by atoms with Crippen molar-refractivity contribution in [1.82, 2.24) is 0 Å². The molecule has 0 heterocycles. The van der Waals surface area contributed by atoms with E-state index in [0.717, 1.165) is 6.07 Å². The third kappa shape index (κ3) is 4.18. The fourth-order valence-electron chi connectivity index (χ4n) is 1.17. The van der Waals surface area contributed by atoms with Crippen LogP contribution in [0, 0.1) is 11.6 Å². The first-order chi connectivity index (χ1) is 7.49. The van der Waals surface area contributed by atoms with Crippen LogP contribution in [-0.2, 0) is 4.79 Å². The van der Waals surface area contributed by atoms with Crippen LogP contribution in [0.5, 0.6) is 0 Å². The predicted molar refractivity (Wildman–Crippen MR) is 58.5 cm³/mol. The molecule has 88 valence electrons. The van der Waals surface area contributed by atoms with E-state index in [0.29, 0.717) is 11.3 Å². The maximum absolute atomic E-state index is 13.2. The molecule has 1 aromatic carbocycles. The minimum absolute atomic E-state index is 0.0175. The van der Waals surface area contributed by atoms with Crippen molar-refractivity contribution < 1.29 is 18.7 Å². The molecule has 0 aliphatic heterocycles. The molecule has 0 fully saturated rings. The number of carboxylic acids is 1. The van der Waals surface area contributed by atoms with Crippen molar-refractivity contribution in [2.24, 2.45) is 0 Å². The number of benzene rings is 1. The number of carbonyl (C=O) groups is 1. The van der Waals surface area contributed by atoms with Gasteiger partial charge in [-0.05, 0) is 18.6 Å². The summed E-state index contributed by atoms with van der Waals surface area (Å²) in [5.74, 6) is -2.08. The Labute approximate surface area is 96.7 Å². The summed E-state index contributed by atoms with van der Waals surface area (Å²) >= 11 is 1.22. The number of hydrogen-bond acceptors (Lipinski definition) is 2. The summed E-state index contributed by atoms with van der Waals surface area (Å²) in [4.78, 5) is 10.7. The average molecular weight is 246 g/mol. The van der Waals surface area contributed by atoms with Crippen molar-refractivity contribution >= 4 is 17.7 Å². The van der Waals surface area contributed by atoms with Crippen LogP contribution in [0.25, 0.3) is 0 Å². The minimum Gasteiger partial charge on any atom is -0.481 e. The molecular formula is C11H12F2O2S. The first-order valence-corrected chi connectivity index (χ1v) is 5.70. The van der Waals surface area contributed by atoms with E-state index in [-0.39, 0.29) is 11.7 Å². The number of aliphatic carboxylic acids is 1. The third-order valence-electron chi connectivity index (χ3n) is 1.99. The molecule has 0 amide bonds. The quantitative estimate of drug-likeness (QED) is 0.810. The molecule has 0 bridgehead atoms. The highest BCUT2D eigenvalue weighted by Crippen LogP contribution is 2.28. The summed E-state index contributed by atoms with van der Waals surface area (Å²) in [6, 6.07) is 3.38. The Kier molecular flexibility index (Phi) is 4.73. The molecule has 0 aromatic heterocycles. The molecule has 0 radical (unpaired) electrons. The van der Waals surface area contributed by atoms with Crippen molar-refractivity contribution in [2.75, 3.05) is 0 Å². The zero-order valence-electron chi connectivity index (χ0n) is 8.74. The second kappa shape index (κ2) is 5.84. The highest BCUT2D eigenvalue weighted by atomic mass is 32.2. The lowest BCUT2D eigenvalue weighted by molar-refractivity contribution is -0.137. The van der Waals surface area contributed by atoms with Crippen LogP contribution in [0.4, 0.5) is 8.78 Å². The fraction of sp³-hybridized carbons (Fsp3) is 0.364. The van der Waals surface area contributed by atoms with Gasteiger partial charge in [-0.3, -0.25) is 4.79 Å². The molecule has 1 atom stereocenters.